The first kappa shape index (κ1) is 48.3. The fraction of sp³-hybridized carbons (Fsp3) is 0.262. The molecular weight excluding hydrogens is 1080 g/mol. The quantitative estimate of drug-likeness (QED) is 0.135. The van der Waals surface area contributed by atoms with E-state index in [9.17, 15) is 0 Å². The third kappa shape index (κ3) is 7.85. The highest BCUT2D eigenvalue weighted by molar-refractivity contribution is 7.18. The number of hydrogen-bond acceptors (Lipinski definition) is 6. The lowest BCUT2D eigenvalue weighted by molar-refractivity contribution is 0.755. The first-order chi connectivity index (χ1) is 35.8. The zero-order valence-electron chi connectivity index (χ0n) is 42.3. The predicted octanol–water partition coefficient (Wildman–Crippen LogP) is 23.1. The number of benzene rings is 3. The molecule has 9 aromatic rings. The minimum absolute atomic E-state index is 0.133. The van der Waals surface area contributed by atoms with Gasteiger partial charge in [-0.1, -0.05) is 71.2 Å². The van der Waals surface area contributed by atoms with E-state index < -0.39 is 0 Å². The monoisotopic (exact) mass is 1130 g/mol. The number of hydrogen-bond donors (Lipinski definition) is 0. The molecule has 6 aliphatic rings. The first-order valence-electron chi connectivity index (χ1n) is 26.0. The molecule has 6 aromatic heterocycles. The first-order valence-corrected chi connectivity index (χ1v) is 32.1. The average molecular weight is 1130 g/mol. The molecule has 0 N–H and O–H groups in total. The van der Waals surface area contributed by atoms with Crippen LogP contribution in [0.1, 0.15) is 166 Å². The van der Waals surface area contributed by atoms with Crippen LogP contribution in [0.4, 0.5) is 0 Å². The van der Waals surface area contributed by atoms with E-state index in [1.807, 2.05) is 34.0 Å². The summed E-state index contributed by atoms with van der Waals surface area (Å²) in [5.74, 6) is 0.285. The van der Waals surface area contributed by atoms with E-state index in [2.05, 4.69) is 133 Å². The van der Waals surface area contributed by atoms with Crippen molar-refractivity contribution < 1.29 is 0 Å². The predicted molar refractivity (Wildman–Crippen MR) is 330 cm³/mol. The summed E-state index contributed by atoms with van der Waals surface area (Å²) in [6.45, 7) is 13.7. The highest BCUT2D eigenvalue weighted by Gasteiger charge is 2.42. The number of thiophene rings is 6. The van der Waals surface area contributed by atoms with Gasteiger partial charge in [-0.15, -0.1) is 68.0 Å². The van der Waals surface area contributed by atoms with Crippen molar-refractivity contribution >= 4 is 136 Å². The molecular formula is C65H53Cl3S6. The van der Waals surface area contributed by atoms with Crippen LogP contribution >= 0.6 is 103 Å². The van der Waals surface area contributed by atoms with Gasteiger partial charge in [0.15, 0.2) is 0 Å². The molecule has 0 nitrogen and oxygen atoms in total. The summed E-state index contributed by atoms with van der Waals surface area (Å²) in [6, 6.07) is 36.6. The fourth-order valence-electron chi connectivity index (χ4n) is 13.8. The molecule has 0 aliphatic heterocycles. The molecule has 6 aliphatic carbocycles. The fourth-order valence-corrected chi connectivity index (χ4v) is 20.5. The van der Waals surface area contributed by atoms with Gasteiger partial charge in [-0.3, -0.25) is 0 Å². The summed E-state index contributed by atoms with van der Waals surface area (Å²) < 4.78 is 2.65. The van der Waals surface area contributed by atoms with Gasteiger partial charge in [0.25, 0.3) is 0 Å². The van der Waals surface area contributed by atoms with Crippen LogP contribution in [0.5, 0.6) is 0 Å². The maximum Gasteiger partial charge on any atom is 0.0937 e. The van der Waals surface area contributed by atoms with Crippen LogP contribution in [-0.4, -0.2) is 0 Å². The highest BCUT2D eigenvalue weighted by atomic mass is 35.5. The van der Waals surface area contributed by atoms with Gasteiger partial charge in [0.05, 0.1) is 13.0 Å². The molecule has 2 bridgehead atoms. The Balaban J connectivity index is 0.873. The maximum absolute atomic E-state index is 6.58. The Morgan fingerprint density at radius 3 is 0.797 bits per heavy atom. The van der Waals surface area contributed by atoms with Crippen LogP contribution in [0.2, 0.25) is 13.0 Å². The molecule has 0 saturated carbocycles. The van der Waals surface area contributed by atoms with Gasteiger partial charge in [0.1, 0.15) is 0 Å². The highest BCUT2D eigenvalue weighted by Crippen LogP contribution is 2.59. The van der Waals surface area contributed by atoms with E-state index in [1.165, 1.54) is 180 Å². The van der Waals surface area contributed by atoms with Crippen LogP contribution in [0, 0.1) is 41.5 Å². The second-order valence-corrected chi connectivity index (χ2v) is 30.6. The lowest BCUT2D eigenvalue weighted by Gasteiger charge is -2.42. The van der Waals surface area contributed by atoms with Crippen LogP contribution < -0.4 is 0 Å². The largest absolute Gasteiger partial charge is 0.140 e. The van der Waals surface area contributed by atoms with E-state index in [4.69, 9.17) is 34.8 Å². The summed E-state index contributed by atoms with van der Waals surface area (Å²) in [4.78, 5) is 12.2. The Morgan fingerprint density at radius 2 is 0.541 bits per heavy atom. The molecule has 0 spiro atoms. The molecule has 9 heteroatoms. The molecule has 370 valence electrons. The smallest absolute Gasteiger partial charge is 0.0937 e. The Hall–Kier alpha value is -4.05. The summed E-state index contributed by atoms with van der Waals surface area (Å²) in [5.41, 5.74) is 30.1. The van der Waals surface area contributed by atoms with Crippen molar-refractivity contribution in [2.45, 2.75) is 111 Å². The van der Waals surface area contributed by atoms with E-state index in [1.54, 1.807) is 34.0 Å². The van der Waals surface area contributed by atoms with Gasteiger partial charge in [-0.25, -0.2) is 0 Å². The number of halogens is 3. The van der Waals surface area contributed by atoms with Crippen molar-refractivity contribution in [2.75, 3.05) is 0 Å². The SMILES string of the molecule is Cc1sc(Cl)cc1C1=C(c2cc(-c3ccc4c(c3)C3c5ccc(-c6cc(C7=C(c8cc(Cl)sc8C)CCC7)c(C)s6)cc5C4c4cc(-c5cc(C6=C(c7cc(Cl)sc7C)CCC6)c(C)s5)ccc43)sc2C)CCC1. The normalized spacial score (nSPS) is 18.0. The molecule has 0 saturated heterocycles. The van der Waals surface area contributed by atoms with E-state index in [0.717, 1.165) is 51.5 Å². The van der Waals surface area contributed by atoms with Gasteiger partial charge < -0.3 is 0 Å². The third-order valence-electron chi connectivity index (χ3n) is 17.0. The minimum Gasteiger partial charge on any atom is -0.140 e. The summed E-state index contributed by atoms with van der Waals surface area (Å²) >= 11 is 30.7. The van der Waals surface area contributed by atoms with Gasteiger partial charge in [0, 0.05) is 55.7 Å². The molecule has 0 fully saturated rings. The van der Waals surface area contributed by atoms with Crippen molar-refractivity contribution in [1.82, 2.24) is 0 Å². The van der Waals surface area contributed by atoms with Crippen LogP contribution in [-0.2, 0) is 0 Å². The van der Waals surface area contributed by atoms with Crippen LogP contribution in [0.15, 0.2) is 91.0 Å². The summed E-state index contributed by atoms with van der Waals surface area (Å²) in [7, 11) is 0. The molecule has 15 rings (SSSR count). The zero-order valence-corrected chi connectivity index (χ0v) is 49.4. The van der Waals surface area contributed by atoms with E-state index in [0.29, 0.717) is 0 Å². The second-order valence-electron chi connectivity index (χ2n) is 21.1. The molecule has 74 heavy (non-hydrogen) atoms. The van der Waals surface area contributed by atoms with E-state index in [-0.39, 0.29) is 11.8 Å². The number of allylic oxidation sites excluding steroid dienone is 6. The zero-order chi connectivity index (χ0) is 50.4. The number of aryl methyl sites for hydroxylation is 6. The average Bonchev–Trinajstić information content (AvgIpc) is 4.25. The lowest BCUT2D eigenvalue weighted by atomic mass is 9.60. The summed E-state index contributed by atoms with van der Waals surface area (Å²) in [5, 5.41) is 0. The van der Waals surface area contributed by atoms with Gasteiger partial charge >= 0.3 is 0 Å². The van der Waals surface area contributed by atoms with Crippen molar-refractivity contribution in [1.29, 1.82) is 0 Å². The Bertz CT molecular complexity index is 3780. The van der Waals surface area contributed by atoms with Crippen molar-refractivity contribution in [2.24, 2.45) is 0 Å². The molecule has 3 aromatic carbocycles. The van der Waals surface area contributed by atoms with E-state index >= 15 is 0 Å². The molecule has 0 radical (unpaired) electrons. The third-order valence-corrected chi connectivity index (χ3v) is 23.8. The van der Waals surface area contributed by atoms with Crippen LogP contribution in [0.3, 0.4) is 0 Å². The Kier molecular flexibility index (Phi) is 12.1. The topological polar surface area (TPSA) is 0 Å². The molecule has 6 heterocycles. The van der Waals surface area contributed by atoms with Crippen molar-refractivity contribution in [3.63, 3.8) is 0 Å². The van der Waals surface area contributed by atoms with Gasteiger partial charge in [0.2, 0.25) is 0 Å². The maximum atomic E-state index is 6.58. The van der Waals surface area contributed by atoms with Gasteiger partial charge in [-0.2, -0.15) is 0 Å². The molecule has 0 amide bonds. The van der Waals surface area contributed by atoms with Crippen molar-refractivity contribution in [3.8, 4) is 31.3 Å². The minimum atomic E-state index is 0.133. The number of rotatable bonds is 9. The van der Waals surface area contributed by atoms with Gasteiger partial charge in [-0.05, 0) is 271 Å². The Labute approximate surface area is 474 Å². The van der Waals surface area contributed by atoms with Crippen molar-refractivity contribution in [3.05, 3.63) is 200 Å². The van der Waals surface area contributed by atoms with Crippen LogP contribution in [0.25, 0.3) is 64.8 Å². The Morgan fingerprint density at radius 1 is 0.297 bits per heavy atom. The molecule has 0 atom stereocenters. The second kappa shape index (κ2) is 18.6. The standard InChI is InChI=1S/C65H53Cl3S6/c1-31-49(40-10-7-13-43(40)52-28-61(66)72-34(52)4)25-58(69-31)37-18-21-48-55(22-37)64-46-19-16-38(59-26-50(32(2)70-59)41-11-8-14-44(41)53-29-62(67)73-35(53)5)23-56(46)65(48)57-24-39(17-20-47(57)64)60-27-51(33(3)71-60)42-12-9-15-45(42)54-30-63(68)74-36(54)6/h16-30,64-65H,7-15H2,1-6H3. The molecule has 0 unspecified atom stereocenters. The lowest BCUT2D eigenvalue weighted by Crippen LogP contribution is -2.27. The summed E-state index contributed by atoms with van der Waals surface area (Å²) in [6.07, 6.45) is 10.3.